The Hall–Kier alpha value is -2.32. The molecule has 0 saturated heterocycles. The predicted molar refractivity (Wildman–Crippen MR) is 46.2 cm³/mol. The highest BCUT2D eigenvalue weighted by Gasteiger charge is 2.48. The maximum Gasteiger partial charge on any atom is 0.417 e. The number of imide groups is 1. The zero-order valence-electron chi connectivity index (χ0n) is 8.08. The monoisotopic (exact) mass is 235 g/mol. The Balaban J connectivity index is 5.46. The van der Waals surface area contributed by atoms with Gasteiger partial charge in [0, 0.05) is 0 Å². The molecule has 0 unspecified atom stereocenters. The molecule has 4 N–H and O–H groups in total. The first-order chi connectivity index (χ1) is 7.12. The lowest BCUT2D eigenvalue weighted by atomic mass is 9.96. The van der Waals surface area contributed by atoms with Crippen LogP contribution in [0, 0.1) is 0 Å². The quantitative estimate of drug-likeness (QED) is 0.529. The van der Waals surface area contributed by atoms with Gasteiger partial charge in [0.25, 0.3) is 0 Å². The van der Waals surface area contributed by atoms with Gasteiger partial charge < -0.3 is 20.4 Å². The van der Waals surface area contributed by atoms with Gasteiger partial charge in [0.05, 0.1) is 6.42 Å². The molecule has 0 spiro atoms. The van der Waals surface area contributed by atoms with Crippen molar-refractivity contribution in [1.29, 1.82) is 0 Å². The number of carboxylic acid groups (broad SMARTS) is 4. The average molecular weight is 235 g/mol. The number of carbonyl (C=O) groups is 4. The van der Waals surface area contributed by atoms with Gasteiger partial charge in [-0.2, -0.15) is 4.90 Å². The molecule has 0 heterocycles. The molecule has 0 fully saturated rings. The highest BCUT2D eigenvalue weighted by Crippen LogP contribution is 2.20. The average Bonchev–Trinajstić information content (AvgIpc) is 1.99. The van der Waals surface area contributed by atoms with Gasteiger partial charge in [0.1, 0.15) is 0 Å². The maximum atomic E-state index is 10.8. The molecule has 1 atom stereocenters. The van der Waals surface area contributed by atoms with Gasteiger partial charge in [-0.05, 0) is 6.92 Å². The van der Waals surface area contributed by atoms with Crippen LogP contribution in [-0.2, 0) is 9.59 Å². The van der Waals surface area contributed by atoms with Gasteiger partial charge in [-0.25, -0.2) is 14.4 Å². The van der Waals surface area contributed by atoms with Gasteiger partial charge in [0.15, 0.2) is 5.54 Å². The summed E-state index contributed by atoms with van der Waals surface area (Å²) in [5.74, 6) is -3.49. The lowest BCUT2D eigenvalue weighted by Crippen LogP contribution is -2.57. The molecule has 0 saturated carbocycles. The number of nitrogens with zero attached hydrogens (tertiary/aromatic N) is 1. The smallest absolute Gasteiger partial charge is 0.417 e. The summed E-state index contributed by atoms with van der Waals surface area (Å²) < 4.78 is 0. The van der Waals surface area contributed by atoms with Crippen LogP contribution in [0.3, 0.4) is 0 Å². The summed E-state index contributed by atoms with van der Waals surface area (Å²) in [7, 11) is 0. The number of rotatable bonds is 4. The molecule has 9 nitrogen and oxygen atoms in total. The van der Waals surface area contributed by atoms with Crippen LogP contribution >= 0.6 is 0 Å². The van der Waals surface area contributed by atoms with Crippen LogP contribution in [0.1, 0.15) is 13.3 Å². The van der Waals surface area contributed by atoms with Crippen molar-refractivity contribution in [3.63, 3.8) is 0 Å². The summed E-state index contributed by atoms with van der Waals surface area (Å²) in [6, 6.07) is 0. The van der Waals surface area contributed by atoms with Crippen molar-refractivity contribution < 1.29 is 39.6 Å². The van der Waals surface area contributed by atoms with E-state index in [1.54, 1.807) is 0 Å². The standard InChI is InChI=1S/C7H9NO8/c1-7(4(11)12,2-3(9)10)8(5(13)14)6(15)16/h2H2,1H3,(H,9,10)(H,11,12)(H,13,14)(H,15,16)/t7-/m0/s1. The predicted octanol–water partition coefficient (Wildman–Crippen LogP) is -0.0376. The molecular formula is C7H9NO8. The fourth-order valence-corrected chi connectivity index (χ4v) is 1.05. The Labute approximate surface area is 88.5 Å². The fourth-order valence-electron chi connectivity index (χ4n) is 1.05. The molecule has 0 aromatic rings. The molecule has 0 rings (SSSR count). The first kappa shape index (κ1) is 13.7. The molecule has 0 aromatic carbocycles. The summed E-state index contributed by atoms with van der Waals surface area (Å²) >= 11 is 0. The first-order valence-corrected chi connectivity index (χ1v) is 3.84. The summed E-state index contributed by atoms with van der Waals surface area (Å²) in [6.07, 6.45) is -5.28. The summed E-state index contributed by atoms with van der Waals surface area (Å²) in [5, 5.41) is 34.2. The lowest BCUT2D eigenvalue weighted by molar-refractivity contribution is -0.154. The van der Waals surface area contributed by atoms with E-state index >= 15 is 0 Å². The molecule has 90 valence electrons. The maximum absolute atomic E-state index is 10.8. The Morgan fingerprint density at radius 2 is 1.38 bits per heavy atom. The fraction of sp³-hybridized carbons (Fsp3) is 0.429. The summed E-state index contributed by atoms with van der Waals surface area (Å²) in [4.78, 5) is 41.8. The second-order valence-corrected chi connectivity index (χ2v) is 3.05. The molecule has 0 aliphatic heterocycles. The van der Waals surface area contributed by atoms with Crippen LogP contribution in [0.25, 0.3) is 0 Å². The number of amides is 2. The van der Waals surface area contributed by atoms with Gasteiger partial charge in [-0.15, -0.1) is 0 Å². The normalized spacial score (nSPS) is 13.6. The van der Waals surface area contributed by atoms with E-state index in [2.05, 4.69) is 0 Å². The van der Waals surface area contributed by atoms with E-state index in [1.807, 2.05) is 0 Å². The minimum Gasteiger partial charge on any atom is -0.481 e. The van der Waals surface area contributed by atoms with Crippen molar-refractivity contribution in [3.05, 3.63) is 0 Å². The highest BCUT2D eigenvalue weighted by atomic mass is 16.4. The minimum absolute atomic E-state index is 0.455. The second kappa shape index (κ2) is 4.47. The van der Waals surface area contributed by atoms with Crippen LogP contribution in [0.15, 0.2) is 0 Å². The third-order valence-electron chi connectivity index (χ3n) is 1.83. The summed E-state index contributed by atoms with van der Waals surface area (Å²) in [6.45, 7) is 0.700. The Bertz CT molecular complexity index is 336. The van der Waals surface area contributed by atoms with Gasteiger partial charge in [-0.1, -0.05) is 0 Å². The topological polar surface area (TPSA) is 152 Å². The van der Waals surface area contributed by atoms with Crippen molar-refractivity contribution in [2.45, 2.75) is 18.9 Å². The van der Waals surface area contributed by atoms with E-state index in [4.69, 9.17) is 20.4 Å². The Kier molecular flexibility index (Phi) is 3.82. The number of hydrogen-bond acceptors (Lipinski definition) is 4. The van der Waals surface area contributed by atoms with Crippen LogP contribution in [0.5, 0.6) is 0 Å². The Morgan fingerprint density at radius 1 is 1.00 bits per heavy atom. The third-order valence-corrected chi connectivity index (χ3v) is 1.83. The van der Waals surface area contributed by atoms with Crippen LogP contribution in [0.2, 0.25) is 0 Å². The van der Waals surface area contributed by atoms with Crippen LogP contribution in [-0.4, -0.2) is 55.0 Å². The Morgan fingerprint density at radius 3 is 1.56 bits per heavy atom. The first-order valence-electron chi connectivity index (χ1n) is 3.84. The van der Waals surface area contributed by atoms with Gasteiger partial charge in [0.2, 0.25) is 0 Å². The van der Waals surface area contributed by atoms with Crippen molar-refractivity contribution in [2.75, 3.05) is 0 Å². The molecule has 2 amide bonds. The van der Waals surface area contributed by atoms with Crippen LogP contribution < -0.4 is 0 Å². The molecule has 0 bridgehead atoms. The van der Waals surface area contributed by atoms with E-state index in [9.17, 15) is 19.2 Å². The molecule has 0 radical (unpaired) electrons. The second-order valence-electron chi connectivity index (χ2n) is 3.05. The molecule has 0 aliphatic carbocycles. The van der Waals surface area contributed by atoms with Gasteiger partial charge >= 0.3 is 24.1 Å². The molecule has 0 aromatic heterocycles. The molecule has 16 heavy (non-hydrogen) atoms. The van der Waals surface area contributed by atoms with E-state index in [0.717, 1.165) is 0 Å². The number of aliphatic carboxylic acids is 2. The van der Waals surface area contributed by atoms with Crippen molar-refractivity contribution in [3.8, 4) is 0 Å². The molecule has 0 aliphatic rings. The number of carboxylic acids is 2. The zero-order chi connectivity index (χ0) is 13.1. The van der Waals surface area contributed by atoms with Crippen LogP contribution in [0.4, 0.5) is 9.59 Å². The largest absolute Gasteiger partial charge is 0.481 e. The highest BCUT2D eigenvalue weighted by molar-refractivity contribution is 5.96. The third kappa shape index (κ3) is 2.59. The van der Waals surface area contributed by atoms with E-state index < -0.39 is 41.0 Å². The molecule has 9 heteroatoms. The number of hydrogen-bond donors (Lipinski definition) is 4. The molecular weight excluding hydrogens is 226 g/mol. The van der Waals surface area contributed by atoms with Crippen molar-refractivity contribution in [1.82, 2.24) is 4.90 Å². The van der Waals surface area contributed by atoms with Crippen molar-refractivity contribution in [2.24, 2.45) is 0 Å². The van der Waals surface area contributed by atoms with E-state index in [-0.39, 0.29) is 0 Å². The van der Waals surface area contributed by atoms with E-state index in [0.29, 0.717) is 6.92 Å². The minimum atomic E-state index is -2.57. The lowest BCUT2D eigenvalue weighted by Gasteiger charge is -2.30. The SMILES string of the molecule is C[C@](CC(=O)O)(C(=O)O)N(C(=O)O)C(=O)O. The van der Waals surface area contributed by atoms with Gasteiger partial charge in [-0.3, -0.25) is 4.79 Å². The van der Waals surface area contributed by atoms with Crippen molar-refractivity contribution >= 4 is 24.1 Å². The zero-order valence-corrected chi connectivity index (χ0v) is 8.08. The summed E-state index contributed by atoms with van der Waals surface area (Å²) in [5.41, 5.74) is -2.57. The van der Waals surface area contributed by atoms with E-state index in [1.165, 1.54) is 0 Å².